The largest absolute Gasteiger partial charge is 0.375 e. The van der Waals surface area contributed by atoms with E-state index < -0.39 is 0 Å². The van der Waals surface area contributed by atoms with Crippen molar-refractivity contribution in [2.75, 3.05) is 24.6 Å². The molecule has 84 valence electrons. The Morgan fingerprint density at radius 1 is 1.60 bits per heavy atom. The lowest BCUT2D eigenvalue weighted by Gasteiger charge is -2.17. The average Bonchev–Trinajstić information content (AvgIpc) is 2.48. The van der Waals surface area contributed by atoms with E-state index in [1.807, 2.05) is 6.20 Å². The molecule has 0 bridgehead atoms. The van der Waals surface area contributed by atoms with Crippen LogP contribution in [-0.4, -0.2) is 34.0 Å². The molecular formula is C10H17N3S2. The minimum atomic E-state index is 0.683. The number of hydrogen-bond donors (Lipinski definition) is 1. The number of thioether (sulfide) groups is 1. The van der Waals surface area contributed by atoms with Crippen LogP contribution in [0, 0.1) is 0 Å². The zero-order valence-electron chi connectivity index (χ0n) is 8.98. The minimum Gasteiger partial charge on any atom is -0.375 e. The predicted octanol–water partition coefficient (Wildman–Crippen LogP) is 2.05. The molecule has 1 aliphatic heterocycles. The molecule has 0 aliphatic carbocycles. The lowest BCUT2D eigenvalue weighted by Crippen LogP contribution is -2.25. The number of rotatable bonds is 2. The quantitative estimate of drug-likeness (QED) is 0.863. The number of nitrogens with two attached hydrogens (primary N) is 1. The molecule has 0 radical (unpaired) electrons. The first-order valence-corrected chi connectivity index (χ1v) is 7.14. The number of aromatic nitrogens is 1. The van der Waals surface area contributed by atoms with Gasteiger partial charge in [-0.1, -0.05) is 6.92 Å². The average molecular weight is 243 g/mol. The van der Waals surface area contributed by atoms with Gasteiger partial charge in [0.2, 0.25) is 0 Å². The first-order chi connectivity index (χ1) is 7.24. The number of nitrogens with zero attached hydrogens (tertiary/aromatic N) is 2. The van der Waals surface area contributed by atoms with Crippen molar-refractivity contribution in [3.05, 3.63) is 11.1 Å². The summed E-state index contributed by atoms with van der Waals surface area (Å²) in [6.45, 7) is 5.72. The van der Waals surface area contributed by atoms with Crippen LogP contribution in [0.1, 0.15) is 18.2 Å². The molecule has 1 atom stereocenters. The Balaban J connectivity index is 1.88. The smallest absolute Gasteiger partial charge is 0.180 e. The van der Waals surface area contributed by atoms with Gasteiger partial charge in [0.1, 0.15) is 0 Å². The van der Waals surface area contributed by atoms with Crippen LogP contribution in [0.25, 0.3) is 0 Å². The second-order valence-corrected chi connectivity index (χ2v) is 6.60. The maximum atomic E-state index is 5.62. The molecule has 0 amide bonds. The van der Waals surface area contributed by atoms with Crippen LogP contribution in [-0.2, 0) is 6.54 Å². The summed E-state index contributed by atoms with van der Waals surface area (Å²) in [5, 5.41) is 1.49. The van der Waals surface area contributed by atoms with Gasteiger partial charge in [-0.25, -0.2) is 4.98 Å². The number of hydrogen-bond acceptors (Lipinski definition) is 5. The number of nitrogen functional groups attached to an aromatic ring is 1. The highest BCUT2D eigenvalue weighted by molar-refractivity contribution is 7.99. The van der Waals surface area contributed by atoms with Gasteiger partial charge in [-0.05, 0) is 13.0 Å². The number of anilines is 1. The van der Waals surface area contributed by atoms with Crippen molar-refractivity contribution >= 4 is 28.2 Å². The Labute approximate surface area is 99.1 Å². The molecule has 2 N–H and O–H groups in total. The molecule has 1 aliphatic rings. The monoisotopic (exact) mass is 243 g/mol. The van der Waals surface area contributed by atoms with Gasteiger partial charge in [0, 0.05) is 35.2 Å². The van der Waals surface area contributed by atoms with Gasteiger partial charge in [-0.2, -0.15) is 11.8 Å². The van der Waals surface area contributed by atoms with Crippen LogP contribution in [0.15, 0.2) is 6.20 Å². The van der Waals surface area contributed by atoms with Gasteiger partial charge in [-0.3, -0.25) is 4.90 Å². The topological polar surface area (TPSA) is 42.2 Å². The number of thiazole rings is 1. The third-order valence-corrected chi connectivity index (χ3v) is 4.65. The van der Waals surface area contributed by atoms with Gasteiger partial charge < -0.3 is 5.73 Å². The lowest BCUT2D eigenvalue weighted by molar-refractivity contribution is 0.286. The molecule has 0 saturated carbocycles. The van der Waals surface area contributed by atoms with Crippen molar-refractivity contribution in [1.29, 1.82) is 0 Å². The molecule has 1 unspecified atom stereocenters. The van der Waals surface area contributed by atoms with Crippen molar-refractivity contribution in [1.82, 2.24) is 9.88 Å². The Morgan fingerprint density at radius 3 is 3.20 bits per heavy atom. The molecule has 1 saturated heterocycles. The highest BCUT2D eigenvalue weighted by Crippen LogP contribution is 2.22. The molecule has 2 rings (SSSR count). The van der Waals surface area contributed by atoms with Crippen molar-refractivity contribution < 1.29 is 0 Å². The van der Waals surface area contributed by atoms with E-state index in [1.165, 1.54) is 30.1 Å². The van der Waals surface area contributed by atoms with Crippen LogP contribution in [0.4, 0.5) is 5.13 Å². The van der Waals surface area contributed by atoms with Gasteiger partial charge >= 0.3 is 0 Å². The van der Waals surface area contributed by atoms with Gasteiger partial charge in [-0.15, -0.1) is 11.3 Å². The summed E-state index contributed by atoms with van der Waals surface area (Å²) in [7, 11) is 0. The molecule has 1 aromatic rings. The van der Waals surface area contributed by atoms with Gasteiger partial charge in [0.05, 0.1) is 0 Å². The Kier molecular flexibility index (Phi) is 3.88. The Bertz CT molecular complexity index is 313. The van der Waals surface area contributed by atoms with E-state index in [0.29, 0.717) is 5.13 Å². The van der Waals surface area contributed by atoms with Gasteiger partial charge in [0.15, 0.2) is 5.13 Å². The van der Waals surface area contributed by atoms with E-state index in [4.69, 9.17) is 5.73 Å². The van der Waals surface area contributed by atoms with E-state index in [1.54, 1.807) is 11.3 Å². The summed E-state index contributed by atoms with van der Waals surface area (Å²) in [6, 6.07) is 0. The lowest BCUT2D eigenvalue weighted by atomic mass is 10.3. The molecular weight excluding hydrogens is 226 g/mol. The first kappa shape index (κ1) is 11.2. The maximum absolute atomic E-state index is 5.62. The molecule has 5 heteroatoms. The fraction of sp³-hybridized carbons (Fsp3) is 0.700. The van der Waals surface area contributed by atoms with Crippen LogP contribution in [0.2, 0.25) is 0 Å². The Morgan fingerprint density at radius 2 is 2.47 bits per heavy atom. The van der Waals surface area contributed by atoms with E-state index in [2.05, 4.69) is 28.6 Å². The van der Waals surface area contributed by atoms with Crippen LogP contribution >= 0.6 is 23.1 Å². The van der Waals surface area contributed by atoms with E-state index >= 15 is 0 Å². The second kappa shape index (κ2) is 5.18. The molecule has 0 spiro atoms. The van der Waals surface area contributed by atoms with Crippen LogP contribution in [0.5, 0.6) is 0 Å². The van der Waals surface area contributed by atoms with Crippen molar-refractivity contribution in [2.24, 2.45) is 0 Å². The second-order valence-electron chi connectivity index (χ2n) is 3.91. The summed E-state index contributed by atoms with van der Waals surface area (Å²) in [6.07, 6.45) is 3.19. The van der Waals surface area contributed by atoms with Crippen molar-refractivity contribution in [3.63, 3.8) is 0 Å². The van der Waals surface area contributed by atoms with E-state index in [0.717, 1.165) is 11.8 Å². The SMILES string of the molecule is CC1CCN(Cc2cnc(N)s2)CCS1. The minimum absolute atomic E-state index is 0.683. The zero-order valence-corrected chi connectivity index (χ0v) is 10.6. The molecule has 0 aromatic carbocycles. The summed E-state index contributed by atoms with van der Waals surface area (Å²) in [4.78, 5) is 7.87. The van der Waals surface area contributed by atoms with Crippen LogP contribution in [0.3, 0.4) is 0 Å². The van der Waals surface area contributed by atoms with E-state index in [9.17, 15) is 0 Å². The summed E-state index contributed by atoms with van der Waals surface area (Å²) < 4.78 is 0. The highest BCUT2D eigenvalue weighted by Gasteiger charge is 2.14. The summed E-state index contributed by atoms with van der Waals surface area (Å²) in [5.74, 6) is 1.25. The zero-order chi connectivity index (χ0) is 10.7. The molecule has 1 aromatic heterocycles. The van der Waals surface area contributed by atoms with Crippen molar-refractivity contribution in [2.45, 2.75) is 25.1 Å². The fourth-order valence-electron chi connectivity index (χ4n) is 1.72. The van der Waals surface area contributed by atoms with E-state index in [-0.39, 0.29) is 0 Å². The van der Waals surface area contributed by atoms with Gasteiger partial charge in [0.25, 0.3) is 0 Å². The molecule has 1 fully saturated rings. The summed E-state index contributed by atoms with van der Waals surface area (Å²) in [5.41, 5.74) is 5.62. The third-order valence-electron chi connectivity index (χ3n) is 2.61. The molecule has 15 heavy (non-hydrogen) atoms. The maximum Gasteiger partial charge on any atom is 0.180 e. The standard InChI is InChI=1S/C10H17N3S2/c1-8-2-3-13(4-5-14-8)7-9-6-12-10(11)15-9/h6,8H,2-5,7H2,1H3,(H2,11,12). The van der Waals surface area contributed by atoms with Crippen molar-refractivity contribution in [3.8, 4) is 0 Å². The summed E-state index contributed by atoms with van der Waals surface area (Å²) >= 11 is 3.69. The fourth-order valence-corrected chi connectivity index (χ4v) is 3.48. The van der Waals surface area contributed by atoms with Crippen LogP contribution < -0.4 is 5.73 Å². The molecule has 2 heterocycles. The third kappa shape index (κ3) is 3.36. The predicted molar refractivity (Wildman–Crippen MR) is 68.3 cm³/mol. The molecule has 3 nitrogen and oxygen atoms in total. The Hall–Kier alpha value is -0.260. The first-order valence-electron chi connectivity index (χ1n) is 5.28. The normalized spacial score (nSPS) is 23.9. The highest BCUT2D eigenvalue weighted by atomic mass is 32.2.